The van der Waals surface area contributed by atoms with Crippen molar-refractivity contribution in [1.29, 1.82) is 0 Å². The zero-order valence-electron chi connectivity index (χ0n) is 13.5. The summed E-state index contributed by atoms with van der Waals surface area (Å²) >= 11 is 0. The number of hydrogen-bond acceptors (Lipinski definition) is 1. The van der Waals surface area contributed by atoms with Crippen LogP contribution in [0.1, 0.15) is 43.7 Å². The van der Waals surface area contributed by atoms with E-state index in [1.807, 2.05) is 12.3 Å². The molecule has 2 rings (SSSR count). The Morgan fingerprint density at radius 2 is 1.67 bits per heavy atom. The highest BCUT2D eigenvalue weighted by molar-refractivity contribution is 6.90. The van der Waals surface area contributed by atoms with Crippen molar-refractivity contribution in [3.63, 3.8) is 0 Å². The monoisotopic (exact) mass is 297 g/mol. The first-order valence-corrected chi connectivity index (χ1v) is 11.2. The maximum atomic E-state index is 4.69. The summed E-state index contributed by atoms with van der Waals surface area (Å²) < 4.78 is 0. The van der Waals surface area contributed by atoms with Crippen molar-refractivity contribution in [2.75, 3.05) is 0 Å². The van der Waals surface area contributed by atoms with Crippen LogP contribution < -0.4 is 5.32 Å². The van der Waals surface area contributed by atoms with Crippen molar-refractivity contribution in [2.24, 2.45) is 0 Å². The number of hydrogen-bond donors (Lipinski definition) is 0. The molecule has 21 heavy (non-hydrogen) atoms. The Labute approximate surface area is 130 Å². The summed E-state index contributed by atoms with van der Waals surface area (Å²) in [5, 5.41) is 1.33. The zero-order chi connectivity index (χ0) is 15.1. The molecule has 112 valence electrons. The van der Waals surface area contributed by atoms with Crippen LogP contribution in [0.3, 0.4) is 0 Å². The molecule has 0 amide bonds. The summed E-state index contributed by atoms with van der Waals surface area (Å²) in [4.78, 5) is 4.69. The van der Waals surface area contributed by atoms with Crippen molar-refractivity contribution in [1.82, 2.24) is 4.98 Å². The average Bonchev–Trinajstić information content (AvgIpc) is 2.53. The molecule has 0 radical (unpaired) electrons. The van der Waals surface area contributed by atoms with Crippen LogP contribution in [0.2, 0.25) is 13.1 Å². The molecule has 0 spiro atoms. The Hall–Kier alpha value is -1.41. The first-order valence-electron chi connectivity index (χ1n) is 8.12. The molecular weight excluding hydrogens is 270 g/mol. The molecule has 1 unspecified atom stereocenters. The third-order valence-electron chi connectivity index (χ3n) is 4.49. The van der Waals surface area contributed by atoms with Crippen LogP contribution in [0.25, 0.3) is 0 Å². The van der Waals surface area contributed by atoms with Gasteiger partial charge in [-0.05, 0) is 29.7 Å². The molecule has 1 nitrogen and oxygen atoms in total. The summed E-state index contributed by atoms with van der Waals surface area (Å²) in [7, 11) is -1.61. The van der Waals surface area contributed by atoms with E-state index < -0.39 is 8.07 Å². The molecule has 0 fully saturated rings. The first-order chi connectivity index (χ1) is 10.2. The van der Waals surface area contributed by atoms with Crippen molar-refractivity contribution in [3.05, 3.63) is 60.3 Å². The van der Waals surface area contributed by atoms with Gasteiger partial charge in [0.1, 0.15) is 8.07 Å². The molecule has 1 aromatic carbocycles. The van der Waals surface area contributed by atoms with Crippen molar-refractivity contribution < 1.29 is 0 Å². The van der Waals surface area contributed by atoms with Crippen molar-refractivity contribution in [3.8, 4) is 0 Å². The van der Waals surface area contributed by atoms with E-state index in [2.05, 4.69) is 67.5 Å². The van der Waals surface area contributed by atoms with Gasteiger partial charge in [-0.3, -0.25) is 4.98 Å². The molecule has 0 bridgehead atoms. The van der Waals surface area contributed by atoms with E-state index in [0.29, 0.717) is 5.54 Å². The third kappa shape index (κ3) is 4.04. The Bertz CT molecular complexity index is 522. The molecule has 1 atom stereocenters. The second kappa shape index (κ2) is 7.55. The SMILES string of the molecule is CCCCCC(c1ccccc1)[Si](C)(C)c1ccccn1. The van der Waals surface area contributed by atoms with Crippen LogP contribution in [-0.2, 0) is 0 Å². The van der Waals surface area contributed by atoms with E-state index in [4.69, 9.17) is 0 Å². The van der Waals surface area contributed by atoms with Gasteiger partial charge < -0.3 is 0 Å². The van der Waals surface area contributed by atoms with Crippen molar-refractivity contribution >= 4 is 13.4 Å². The quantitative estimate of drug-likeness (QED) is 0.523. The molecule has 0 aliphatic carbocycles. The Morgan fingerprint density at radius 1 is 0.952 bits per heavy atom. The topological polar surface area (TPSA) is 12.9 Å². The molecule has 0 saturated heterocycles. The average molecular weight is 298 g/mol. The van der Waals surface area contributed by atoms with Gasteiger partial charge in [-0.25, -0.2) is 0 Å². The molecule has 0 N–H and O–H groups in total. The van der Waals surface area contributed by atoms with Gasteiger partial charge in [-0.1, -0.05) is 75.7 Å². The normalized spacial score (nSPS) is 13.1. The van der Waals surface area contributed by atoms with Gasteiger partial charge in [-0.2, -0.15) is 0 Å². The van der Waals surface area contributed by atoms with Gasteiger partial charge in [0, 0.05) is 11.5 Å². The highest BCUT2D eigenvalue weighted by Gasteiger charge is 2.35. The summed E-state index contributed by atoms with van der Waals surface area (Å²) in [6, 6.07) is 17.4. The van der Waals surface area contributed by atoms with Gasteiger partial charge in [0.05, 0.1) is 0 Å². The maximum absolute atomic E-state index is 4.69. The van der Waals surface area contributed by atoms with Gasteiger partial charge in [-0.15, -0.1) is 0 Å². The molecule has 2 aromatic rings. The molecule has 1 aromatic heterocycles. The Morgan fingerprint density at radius 3 is 2.29 bits per heavy atom. The fourth-order valence-corrected chi connectivity index (χ4v) is 6.39. The fraction of sp³-hybridized carbons (Fsp3) is 0.421. The largest absolute Gasteiger partial charge is 0.266 e. The minimum Gasteiger partial charge on any atom is -0.266 e. The lowest BCUT2D eigenvalue weighted by molar-refractivity contribution is 0.645. The minimum atomic E-state index is -1.61. The van der Waals surface area contributed by atoms with E-state index in [0.717, 1.165) is 0 Å². The van der Waals surface area contributed by atoms with Crippen LogP contribution in [0.15, 0.2) is 54.7 Å². The lowest BCUT2D eigenvalue weighted by Crippen LogP contribution is -2.49. The van der Waals surface area contributed by atoms with Gasteiger partial charge in [0.15, 0.2) is 0 Å². The van der Waals surface area contributed by atoms with Gasteiger partial charge in [0.25, 0.3) is 0 Å². The van der Waals surface area contributed by atoms with E-state index in [-0.39, 0.29) is 0 Å². The molecule has 0 aliphatic heterocycles. The first kappa shape index (κ1) is 16.0. The number of rotatable bonds is 7. The standard InChI is InChI=1S/C19H27NSi/c1-4-5-7-14-18(17-12-8-6-9-13-17)21(2,3)19-15-10-11-16-20-19/h6,8-13,15-16,18H,4-5,7,14H2,1-3H3. The molecule has 0 aliphatic rings. The highest BCUT2D eigenvalue weighted by atomic mass is 28.3. The van der Waals surface area contributed by atoms with Crippen LogP contribution in [-0.4, -0.2) is 13.1 Å². The van der Waals surface area contributed by atoms with Crippen molar-refractivity contribution in [2.45, 2.75) is 51.2 Å². The summed E-state index contributed by atoms with van der Waals surface area (Å²) in [5.74, 6) is 0. The lowest BCUT2D eigenvalue weighted by atomic mass is 10.1. The smallest absolute Gasteiger partial charge is 0.112 e. The molecular formula is C19H27NSi. The van der Waals surface area contributed by atoms with E-state index in [9.17, 15) is 0 Å². The molecule has 1 heterocycles. The van der Waals surface area contributed by atoms with Crippen LogP contribution >= 0.6 is 0 Å². The van der Waals surface area contributed by atoms with Gasteiger partial charge >= 0.3 is 0 Å². The summed E-state index contributed by atoms with van der Waals surface area (Å²) in [5.41, 5.74) is 2.15. The second-order valence-electron chi connectivity index (χ2n) is 6.40. The highest BCUT2D eigenvalue weighted by Crippen LogP contribution is 2.31. The summed E-state index contributed by atoms with van der Waals surface area (Å²) in [6.07, 6.45) is 7.16. The number of unbranched alkanes of at least 4 members (excludes halogenated alkanes) is 2. The molecule has 0 saturated carbocycles. The molecule has 2 heteroatoms. The Balaban J connectivity index is 2.30. The van der Waals surface area contributed by atoms with E-state index >= 15 is 0 Å². The van der Waals surface area contributed by atoms with Crippen LogP contribution in [0.4, 0.5) is 0 Å². The minimum absolute atomic E-state index is 0.653. The second-order valence-corrected chi connectivity index (χ2v) is 11.0. The number of aromatic nitrogens is 1. The van der Waals surface area contributed by atoms with Crippen LogP contribution in [0, 0.1) is 0 Å². The number of pyridine rings is 1. The number of benzene rings is 1. The fourth-order valence-electron chi connectivity index (χ4n) is 3.15. The predicted octanol–water partition coefficient (Wildman–Crippen LogP) is 4.90. The number of nitrogens with zero attached hydrogens (tertiary/aromatic N) is 1. The zero-order valence-corrected chi connectivity index (χ0v) is 14.5. The lowest BCUT2D eigenvalue weighted by Gasteiger charge is -2.32. The maximum Gasteiger partial charge on any atom is 0.112 e. The van der Waals surface area contributed by atoms with Crippen LogP contribution in [0.5, 0.6) is 0 Å². The van der Waals surface area contributed by atoms with E-state index in [1.54, 1.807) is 0 Å². The summed E-state index contributed by atoms with van der Waals surface area (Å²) in [6.45, 7) is 7.22. The Kier molecular flexibility index (Phi) is 5.74. The van der Waals surface area contributed by atoms with Gasteiger partial charge in [0.2, 0.25) is 0 Å². The predicted molar refractivity (Wildman–Crippen MR) is 94.7 cm³/mol. The third-order valence-corrected chi connectivity index (χ3v) is 8.47. The van der Waals surface area contributed by atoms with E-state index in [1.165, 1.54) is 36.6 Å².